The van der Waals surface area contributed by atoms with E-state index in [1.165, 1.54) is 10.8 Å². The molecule has 0 aliphatic carbocycles. The lowest BCUT2D eigenvalue weighted by atomic mass is 10.1. The van der Waals surface area contributed by atoms with Gasteiger partial charge in [0.25, 0.3) is 5.56 Å². The van der Waals surface area contributed by atoms with E-state index in [-0.39, 0.29) is 11.6 Å². The van der Waals surface area contributed by atoms with Gasteiger partial charge in [0.1, 0.15) is 5.02 Å². The van der Waals surface area contributed by atoms with E-state index in [1.807, 2.05) is 0 Å². The monoisotopic (exact) mass is 279 g/mol. The van der Waals surface area contributed by atoms with Crippen LogP contribution >= 0.6 is 11.6 Å². The molecule has 1 heterocycles. The van der Waals surface area contributed by atoms with E-state index < -0.39 is 17.2 Å². The lowest BCUT2D eigenvalue weighted by Crippen LogP contribution is -2.29. The highest BCUT2D eigenvalue weighted by Gasteiger charge is 2.04. The standard InChI is InChI=1S/C12H10ClN3O3/c13-9-6-16(12(19)15-11(9)18)5-7-1-3-8(4-2-7)10(14)17/h1-4,6H,5H2,(H2,14,17)(H,15,18,19). The minimum absolute atomic E-state index is 0.0617. The van der Waals surface area contributed by atoms with Crippen LogP contribution < -0.4 is 17.0 Å². The summed E-state index contributed by atoms with van der Waals surface area (Å²) in [5.74, 6) is -0.518. The molecule has 6 nitrogen and oxygen atoms in total. The van der Waals surface area contributed by atoms with Crippen molar-refractivity contribution < 1.29 is 4.79 Å². The lowest BCUT2D eigenvalue weighted by Gasteiger charge is -2.06. The van der Waals surface area contributed by atoms with Crippen molar-refractivity contribution in [3.63, 3.8) is 0 Å². The Labute approximate surface area is 112 Å². The van der Waals surface area contributed by atoms with E-state index in [0.29, 0.717) is 5.56 Å². The number of aromatic nitrogens is 2. The normalized spacial score (nSPS) is 10.4. The molecule has 3 N–H and O–H groups in total. The summed E-state index contributed by atoms with van der Waals surface area (Å²) in [5.41, 5.74) is 5.12. The SMILES string of the molecule is NC(=O)c1ccc(Cn2cc(Cl)c(=O)[nH]c2=O)cc1. The molecule has 0 saturated carbocycles. The molecule has 1 aromatic carbocycles. The molecule has 0 aliphatic heterocycles. The molecule has 2 aromatic rings. The van der Waals surface area contributed by atoms with Gasteiger partial charge in [-0.05, 0) is 17.7 Å². The van der Waals surface area contributed by atoms with Gasteiger partial charge in [0, 0.05) is 11.8 Å². The average molecular weight is 280 g/mol. The fourth-order valence-electron chi connectivity index (χ4n) is 1.57. The second kappa shape index (κ2) is 5.11. The molecule has 0 fully saturated rings. The molecule has 0 bridgehead atoms. The van der Waals surface area contributed by atoms with Crippen LogP contribution in [-0.4, -0.2) is 15.5 Å². The highest BCUT2D eigenvalue weighted by molar-refractivity contribution is 6.30. The van der Waals surface area contributed by atoms with Gasteiger partial charge >= 0.3 is 5.69 Å². The van der Waals surface area contributed by atoms with Gasteiger partial charge in [0.2, 0.25) is 5.91 Å². The summed E-state index contributed by atoms with van der Waals surface area (Å²) >= 11 is 5.65. The number of primary amides is 1. The number of nitrogens with two attached hydrogens (primary N) is 1. The first-order chi connectivity index (χ1) is 8.97. The van der Waals surface area contributed by atoms with Crippen molar-refractivity contribution in [2.24, 2.45) is 5.73 Å². The molecule has 7 heteroatoms. The fourth-order valence-corrected chi connectivity index (χ4v) is 1.74. The predicted molar refractivity (Wildman–Crippen MR) is 70.4 cm³/mol. The zero-order valence-corrected chi connectivity index (χ0v) is 10.5. The second-order valence-corrected chi connectivity index (χ2v) is 4.33. The number of benzene rings is 1. The van der Waals surface area contributed by atoms with Crippen molar-refractivity contribution in [3.05, 3.63) is 67.4 Å². The maximum Gasteiger partial charge on any atom is 0.328 e. The van der Waals surface area contributed by atoms with E-state index in [1.54, 1.807) is 24.3 Å². The van der Waals surface area contributed by atoms with Crippen molar-refractivity contribution in [2.75, 3.05) is 0 Å². The van der Waals surface area contributed by atoms with Crippen molar-refractivity contribution >= 4 is 17.5 Å². The average Bonchev–Trinajstić information content (AvgIpc) is 2.36. The Morgan fingerprint density at radius 3 is 2.47 bits per heavy atom. The number of hydrogen-bond acceptors (Lipinski definition) is 3. The quantitative estimate of drug-likeness (QED) is 0.847. The summed E-state index contributed by atoms with van der Waals surface area (Å²) in [6, 6.07) is 6.48. The maximum atomic E-state index is 11.5. The number of halogens is 1. The molecule has 0 aliphatic rings. The number of aromatic amines is 1. The third-order valence-electron chi connectivity index (χ3n) is 2.56. The van der Waals surface area contributed by atoms with Crippen LogP contribution in [0, 0.1) is 0 Å². The number of carbonyl (C=O) groups is 1. The molecule has 19 heavy (non-hydrogen) atoms. The summed E-state index contributed by atoms with van der Waals surface area (Å²) < 4.78 is 1.27. The van der Waals surface area contributed by atoms with Gasteiger partial charge in [-0.3, -0.25) is 19.1 Å². The minimum Gasteiger partial charge on any atom is -0.366 e. The molecule has 0 saturated heterocycles. The number of H-pyrrole nitrogens is 1. The summed E-state index contributed by atoms with van der Waals surface area (Å²) in [6.07, 6.45) is 1.27. The van der Waals surface area contributed by atoms with E-state index in [9.17, 15) is 14.4 Å². The van der Waals surface area contributed by atoms with E-state index >= 15 is 0 Å². The second-order valence-electron chi connectivity index (χ2n) is 3.93. The van der Waals surface area contributed by atoms with Gasteiger partial charge in [-0.2, -0.15) is 0 Å². The number of nitrogens with one attached hydrogen (secondary N) is 1. The van der Waals surface area contributed by atoms with Crippen molar-refractivity contribution in [1.82, 2.24) is 9.55 Å². The summed E-state index contributed by atoms with van der Waals surface area (Å²) in [5, 5.41) is -0.0617. The molecular formula is C12H10ClN3O3. The fraction of sp³-hybridized carbons (Fsp3) is 0.0833. The molecule has 0 spiro atoms. The summed E-state index contributed by atoms with van der Waals surface area (Å²) in [6.45, 7) is 0.231. The van der Waals surface area contributed by atoms with Gasteiger partial charge < -0.3 is 5.73 Å². The lowest BCUT2D eigenvalue weighted by molar-refractivity contribution is 0.100. The number of carbonyl (C=O) groups excluding carboxylic acids is 1. The molecule has 98 valence electrons. The van der Waals surface area contributed by atoms with Gasteiger partial charge in [-0.15, -0.1) is 0 Å². The highest BCUT2D eigenvalue weighted by atomic mass is 35.5. The van der Waals surface area contributed by atoms with Crippen molar-refractivity contribution in [2.45, 2.75) is 6.54 Å². The maximum absolute atomic E-state index is 11.5. The molecule has 0 radical (unpaired) electrons. The largest absolute Gasteiger partial charge is 0.366 e. The third kappa shape index (κ3) is 2.92. The van der Waals surface area contributed by atoms with Crippen LogP contribution in [0.3, 0.4) is 0 Å². The van der Waals surface area contributed by atoms with Crippen LogP contribution in [0.4, 0.5) is 0 Å². The Balaban J connectivity index is 2.31. The van der Waals surface area contributed by atoms with Gasteiger partial charge in [0.15, 0.2) is 0 Å². The summed E-state index contributed by atoms with van der Waals surface area (Å²) in [7, 11) is 0. The van der Waals surface area contributed by atoms with Crippen LogP contribution in [0.1, 0.15) is 15.9 Å². The van der Waals surface area contributed by atoms with Crippen LogP contribution in [-0.2, 0) is 6.54 Å². The zero-order valence-electron chi connectivity index (χ0n) is 9.72. The first-order valence-electron chi connectivity index (χ1n) is 5.35. The number of hydrogen-bond donors (Lipinski definition) is 2. The van der Waals surface area contributed by atoms with Gasteiger partial charge in [0.05, 0.1) is 6.54 Å². The minimum atomic E-state index is -0.619. The summed E-state index contributed by atoms with van der Waals surface area (Å²) in [4.78, 5) is 35.7. The van der Waals surface area contributed by atoms with Crippen LogP contribution in [0.25, 0.3) is 0 Å². The molecular weight excluding hydrogens is 270 g/mol. The number of amides is 1. The first kappa shape index (κ1) is 13.1. The first-order valence-corrected chi connectivity index (χ1v) is 5.73. The van der Waals surface area contributed by atoms with E-state index in [2.05, 4.69) is 4.98 Å². The van der Waals surface area contributed by atoms with Crippen LogP contribution in [0.5, 0.6) is 0 Å². The predicted octanol–water partition coefficient (Wildman–Crippen LogP) is 0.337. The van der Waals surface area contributed by atoms with Crippen LogP contribution in [0.2, 0.25) is 5.02 Å². The van der Waals surface area contributed by atoms with E-state index in [4.69, 9.17) is 17.3 Å². The van der Waals surface area contributed by atoms with Gasteiger partial charge in [-0.1, -0.05) is 23.7 Å². The third-order valence-corrected chi connectivity index (χ3v) is 2.83. The number of nitrogens with zero attached hydrogens (tertiary/aromatic N) is 1. The topological polar surface area (TPSA) is 97.9 Å². The highest BCUT2D eigenvalue weighted by Crippen LogP contribution is 2.06. The van der Waals surface area contributed by atoms with Crippen LogP contribution in [0.15, 0.2) is 40.1 Å². The Kier molecular flexibility index (Phi) is 3.52. The Morgan fingerprint density at radius 1 is 1.26 bits per heavy atom. The zero-order chi connectivity index (χ0) is 14.0. The molecule has 0 unspecified atom stereocenters. The Hall–Kier alpha value is -2.34. The van der Waals surface area contributed by atoms with E-state index in [0.717, 1.165) is 5.56 Å². The smallest absolute Gasteiger partial charge is 0.328 e. The molecule has 1 amide bonds. The van der Waals surface area contributed by atoms with Crippen molar-refractivity contribution in [1.29, 1.82) is 0 Å². The van der Waals surface area contributed by atoms with Crippen molar-refractivity contribution in [3.8, 4) is 0 Å². The van der Waals surface area contributed by atoms with Gasteiger partial charge in [-0.25, -0.2) is 4.79 Å². The molecule has 2 rings (SSSR count). The molecule has 0 atom stereocenters. The number of rotatable bonds is 3. The molecule has 1 aromatic heterocycles. The Morgan fingerprint density at radius 2 is 1.89 bits per heavy atom. The Bertz CT molecular complexity index is 731.